The van der Waals surface area contributed by atoms with Gasteiger partial charge in [-0.25, -0.2) is 9.59 Å². The van der Waals surface area contributed by atoms with Crippen LogP contribution in [0.1, 0.15) is 23.5 Å². The number of aliphatic hydroxyl groups is 1. The smallest absolute Gasteiger partial charge is 0.455 e. The van der Waals surface area contributed by atoms with E-state index in [1.165, 1.54) is 6.92 Å². The van der Waals surface area contributed by atoms with E-state index in [0.29, 0.717) is 6.42 Å². The van der Waals surface area contributed by atoms with Crippen molar-refractivity contribution in [3.05, 3.63) is 82.3 Å². The molecular formula is C22H23NO6. The molecule has 7 nitrogen and oxygen atoms in total. The van der Waals surface area contributed by atoms with E-state index in [1.807, 2.05) is 54.6 Å². The Morgan fingerprint density at radius 1 is 1.07 bits per heavy atom. The zero-order valence-corrected chi connectivity index (χ0v) is 16.0. The van der Waals surface area contributed by atoms with Gasteiger partial charge in [0.1, 0.15) is 0 Å². The second kappa shape index (κ2) is 9.36. The number of aryl methyl sites for hydroxylation is 1. The Labute approximate surface area is 167 Å². The highest BCUT2D eigenvalue weighted by atomic mass is 16.6. The molecule has 3 rings (SSSR count). The number of hydrogen-bond donors (Lipinski definition) is 2. The number of nitrogens with two attached hydrogens (primary N) is 1. The molecule has 0 saturated heterocycles. The zero-order chi connectivity index (χ0) is 20.8. The van der Waals surface area contributed by atoms with Crippen molar-refractivity contribution in [3.63, 3.8) is 0 Å². The highest BCUT2D eigenvalue weighted by Gasteiger charge is 2.21. The number of hydrogen-bond acceptors (Lipinski definition) is 7. The molecule has 0 aliphatic heterocycles. The maximum absolute atomic E-state index is 11.9. The fraction of sp³-hybridized carbons (Fsp3) is 0.273. The highest BCUT2D eigenvalue weighted by Crippen LogP contribution is 2.20. The Kier molecular flexibility index (Phi) is 6.64. The first-order valence-electron chi connectivity index (χ1n) is 9.26. The van der Waals surface area contributed by atoms with Crippen molar-refractivity contribution in [3.8, 4) is 11.1 Å². The van der Waals surface area contributed by atoms with Gasteiger partial charge in [-0.3, -0.25) is 0 Å². The predicted octanol–water partition coefficient (Wildman–Crippen LogP) is 2.57. The molecule has 0 aliphatic carbocycles. The average molecular weight is 397 g/mol. The lowest BCUT2D eigenvalue weighted by molar-refractivity contribution is -0.156. The predicted molar refractivity (Wildman–Crippen MR) is 106 cm³/mol. The van der Waals surface area contributed by atoms with Crippen LogP contribution in [0.25, 0.3) is 11.1 Å². The Hall–Kier alpha value is -3.16. The molecular weight excluding hydrogens is 374 g/mol. The third-order valence-electron chi connectivity index (χ3n) is 4.54. The first kappa shape index (κ1) is 20.6. The van der Waals surface area contributed by atoms with Gasteiger partial charge in [-0.15, -0.1) is 0 Å². The number of aliphatic hydroxyl groups excluding tert-OH is 1. The second-order valence-corrected chi connectivity index (χ2v) is 6.82. The fourth-order valence-corrected chi connectivity index (χ4v) is 2.97. The number of ether oxygens (including phenoxy) is 1. The summed E-state index contributed by atoms with van der Waals surface area (Å²) in [4.78, 5) is 22.9. The normalized spacial score (nSPS) is 13.1. The quantitative estimate of drug-likeness (QED) is 0.561. The van der Waals surface area contributed by atoms with Crippen molar-refractivity contribution < 1.29 is 23.5 Å². The van der Waals surface area contributed by atoms with Gasteiger partial charge in [-0.1, -0.05) is 54.6 Å². The van der Waals surface area contributed by atoms with E-state index < -0.39 is 23.9 Å². The molecule has 3 N–H and O–H groups in total. The van der Waals surface area contributed by atoms with Crippen LogP contribution in [0.5, 0.6) is 0 Å². The van der Waals surface area contributed by atoms with Crippen LogP contribution in [0.3, 0.4) is 0 Å². The molecule has 2 unspecified atom stereocenters. The fourth-order valence-electron chi connectivity index (χ4n) is 2.97. The summed E-state index contributed by atoms with van der Waals surface area (Å²) in [7, 11) is 0. The molecule has 0 aliphatic rings. The van der Waals surface area contributed by atoms with E-state index >= 15 is 0 Å². The molecule has 0 bridgehead atoms. The van der Waals surface area contributed by atoms with Crippen molar-refractivity contribution in [2.24, 2.45) is 5.73 Å². The molecule has 0 fully saturated rings. The van der Waals surface area contributed by atoms with Gasteiger partial charge in [-0.05, 0) is 36.5 Å². The average Bonchev–Trinajstić information content (AvgIpc) is 3.04. The first-order valence-corrected chi connectivity index (χ1v) is 9.26. The van der Waals surface area contributed by atoms with Gasteiger partial charge in [0, 0.05) is 6.04 Å². The molecule has 1 heterocycles. The van der Waals surface area contributed by atoms with Crippen LogP contribution in [0.4, 0.5) is 0 Å². The Balaban J connectivity index is 1.49. The second-order valence-electron chi connectivity index (χ2n) is 6.82. The molecule has 0 saturated carbocycles. The SMILES string of the molecule is Cc1oc(=O)oc1COC(=O)C(O)CC(N)Cc1ccc(-c2ccccc2)cc1. The maximum atomic E-state index is 11.9. The molecule has 29 heavy (non-hydrogen) atoms. The maximum Gasteiger partial charge on any atom is 0.519 e. The van der Waals surface area contributed by atoms with Crippen molar-refractivity contribution in [2.45, 2.75) is 38.5 Å². The van der Waals surface area contributed by atoms with Gasteiger partial charge in [0.2, 0.25) is 0 Å². The van der Waals surface area contributed by atoms with Crippen LogP contribution < -0.4 is 11.6 Å². The van der Waals surface area contributed by atoms with Crippen LogP contribution in [0.2, 0.25) is 0 Å². The summed E-state index contributed by atoms with van der Waals surface area (Å²) >= 11 is 0. The number of esters is 1. The summed E-state index contributed by atoms with van der Waals surface area (Å²) in [6.45, 7) is 1.23. The van der Waals surface area contributed by atoms with E-state index in [1.54, 1.807) is 0 Å². The summed E-state index contributed by atoms with van der Waals surface area (Å²) < 4.78 is 14.4. The highest BCUT2D eigenvalue weighted by molar-refractivity contribution is 5.74. The van der Waals surface area contributed by atoms with Crippen LogP contribution in [0.15, 0.2) is 68.2 Å². The summed E-state index contributed by atoms with van der Waals surface area (Å²) in [5, 5.41) is 10.0. The summed E-state index contributed by atoms with van der Waals surface area (Å²) in [6, 6.07) is 17.6. The lowest BCUT2D eigenvalue weighted by atomic mass is 9.98. The van der Waals surface area contributed by atoms with Crippen molar-refractivity contribution >= 4 is 5.97 Å². The Morgan fingerprint density at radius 2 is 1.72 bits per heavy atom. The van der Waals surface area contributed by atoms with Crippen LogP contribution in [-0.4, -0.2) is 23.2 Å². The summed E-state index contributed by atoms with van der Waals surface area (Å²) in [5.41, 5.74) is 9.33. The molecule has 3 aromatic rings. The van der Waals surface area contributed by atoms with E-state index in [2.05, 4.69) is 4.42 Å². The van der Waals surface area contributed by atoms with Gasteiger partial charge in [-0.2, -0.15) is 0 Å². The Bertz CT molecular complexity index is 990. The van der Waals surface area contributed by atoms with E-state index in [0.717, 1.165) is 16.7 Å². The van der Waals surface area contributed by atoms with Crippen molar-refractivity contribution in [1.82, 2.24) is 0 Å². The van der Waals surface area contributed by atoms with Crippen LogP contribution in [0, 0.1) is 6.92 Å². The first-order chi connectivity index (χ1) is 13.9. The lowest BCUT2D eigenvalue weighted by Crippen LogP contribution is -2.33. The van der Waals surface area contributed by atoms with E-state index in [9.17, 15) is 14.7 Å². The van der Waals surface area contributed by atoms with Crippen LogP contribution in [-0.2, 0) is 22.6 Å². The third kappa shape index (κ3) is 5.66. The van der Waals surface area contributed by atoms with Gasteiger partial charge in [0.05, 0.1) is 0 Å². The van der Waals surface area contributed by atoms with Crippen molar-refractivity contribution in [1.29, 1.82) is 0 Å². The van der Waals surface area contributed by atoms with Gasteiger partial charge >= 0.3 is 11.8 Å². The van der Waals surface area contributed by atoms with Gasteiger partial charge < -0.3 is 24.4 Å². The zero-order valence-electron chi connectivity index (χ0n) is 16.0. The standard InChI is InChI=1S/C22H23NO6/c1-14-20(29-22(26)28-14)13-27-21(25)19(24)12-18(23)11-15-7-9-17(10-8-15)16-5-3-2-4-6-16/h2-10,18-19,24H,11-13,23H2,1H3. The number of carbonyl (C=O) groups is 1. The van der Waals surface area contributed by atoms with Gasteiger partial charge in [0.15, 0.2) is 24.2 Å². The topological polar surface area (TPSA) is 116 Å². The molecule has 152 valence electrons. The van der Waals surface area contributed by atoms with Gasteiger partial charge in [0.25, 0.3) is 0 Å². The third-order valence-corrected chi connectivity index (χ3v) is 4.54. The van der Waals surface area contributed by atoms with E-state index in [4.69, 9.17) is 14.9 Å². The molecule has 2 atom stereocenters. The Morgan fingerprint density at radius 3 is 2.34 bits per heavy atom. The molecule has 0 amide bonds. The molecule has 1 aromatic heterocycles. The largest absolute Gasteiger partial charge is 0.519 e. The minimum atomic E-state index is -1.37. The lowest BCUT2D eigenvalue weighted by Gasteiger charge is -2.16. The number of rotatable bonds is 8. The number of benzene rings is 2. The molecule has 0 spiro atoms. The van der Waals surface area contributed by atoms with Crippen LogP contribution >= 0.6 is 0 Å². The summed E-state index contributed by atoms with van der Waals surface area (Å²) in [5.74, 6) is -1.36. The molecule has 2 aromatic carbocycles. The monoisotopic (exact) mass is 397 g/mol. The minimum absolute atomic E-state index is 0.0492. The number of carbonyl (C=O) groups excluding carboxylic acids is 1. The van der Waals surface area contributed by atoms with Crippen molar-refractivity contribution in [2.75, 3.05) is 0 Å². The molecule has 7 heteroatoms. The molecule has 0 radical (unpaired) electrons. The minimum Gasteiger partial charge on any atom is -0.455 e. The summed E-state index contributed by atoms with van der Waals surface area (Å²) in [6.07, 6.45) is -0.810. The van der Waals surface area contributed by atoms with E-state index in [-0.39, 0.29) is 24.5 Å².